The summed E-state index contributed by atoms with van der Waals surface area (Å²) in [5.74, 6) is 0.177. The number of unbranched alkanes of at least 4 members (excludes halogenated alkanes) is 1. The lowest BCUT2D eigenvalue weighted by molar-refractivity contribution is -0.117. The minimum Gasteiger partial charge on any atom is -0.352 e. The van der Waals surface area contributed by atoms with Gasteiger partial charge in [0.15, 0.2) is 0 Å². The first kappa shape index (κ1) is 19.4. The molecular formula is C20H31N3O2S. The molecule has 1 atom stereocenters. The molecule has 0 aromatic carbocycles. The van der Waals surface area contributed by atoms with E-state index in [0.717, 1.165) is 55.5 Å². The van der Waals surface area contributed by atoms with Crippen LogP contribution in [0.5, 0.6) is 0 Å². The molecule has 1 unspecified atom stereocenters. The lowest BCUT2D eigenvalue weighted by atomic mass is 9.90. The van der Waals surface area contributed by atoms with Crippen LogP contribution in [0.25, 0.3) is 0 Å². The Balaban J connectivity index is 1.83. The number of nitrogens with one attached hydrogen (secondary N) is 3. The lowest BCUT2D eigenvalue weighted by Gasteiger charge is -2.26. The molecule has 2 aliphatic rings. The Hall–Kier alpha value is -1.40. The van der Waals surface area contributed by atoms with Gasteiger partial charge in [0.05, 0.1) is 5.56 Å². The predicted molar refractivity (Wildman–Crippen MR) is 107 cm³/mol. The summed E-state index contributed by atoms with van der Waals surface area (Å²) >= 11 is 1.60. The van der Waals surface area contributed by atoms with E-state index in [4.69, 9.17) is 0 Å². The zero-order valence-corrected chi connectivity index (χ0v) is 16.9. The molecule has 0 bridgehead atoms. The number of hydrogen-bond donors (Lipinski definition) is 3. The number of hydrogen-bond acceptors (Lipinski definition) is 4. The smallest absolute Gasteiger partial charge is 0.254 e. The second-order valence-corrected chi connectivity index (χ2v) is 8.95. The molecule has 1 fully saturated rings. The van der Waals surface area contributed by atoms with Gasteiger partial charge in [-0.2, -0.15) is 0 Å². The molecule has 0 aliphatic heterocycles. The van der Waals surface area contributed by atoms with Gasteiger partial charge in [0.25, 0.3) is 5.91 Å². The molecule has 2 amide bonds. The minimum atomic E-state index is -0.0350. The van der Waals surface area contributed by atoms with Gasteiger partial charge >= 0.3 is 0 Å². The molecule has 1 aromatic heterocycles. The molecule has 1 heterocycles. The maximum absolute atomic E-state index is 12.9. The second-order valence-electron chi connectivity index (χ2n) is 7.84. The molecule has 5 nitrogen and oxygen atoms in total. The maximum Gasteiger partial charge on any atom is 0.254 e. The van der Waals surface area contributed by atoms with Crippen molar-refractivity contribution in [2.75, 3.05) is 11.9 Å². The van der Waals surface area contributed by atoms with Gasteiger partial charge in [-0.1, -0.05) is 27.2 Å². The first-order valence-corrected chi connectivity index (χ1v) is 10.8. The zero-order valence-electron chi connectivity index (χ0n) is 16.1. The molecule has 144 valence electrons. The third-order valence-corrected chi connectivity index (χ3v) is 6.27. The molecule has 3 rings (SSSR count). The van der Waals surface area contributed by atoms with Crippen LogP contribution in [0.4, 0.5) is 5.00 Å². The van der Waals surface area contributed by atoms with E-state index < -0.39 is 0 Å². The van der Waals surface area contributed by atoms with Crippen LogP contribution < -0.4 is 16.0 Å². The Kier molecular flexibility index (Phi) is 6.35. The number of carbonyl (C=O) groups excluding carboxylic acids is 2. The highest BCUT2D eigenvalue weighted by Gasteiger charge is 2.33. The number of carbonyl (C=O) groups is 2. The number of amides is 2. The standard InChI is InChI=1S/C20H31N3O2S/c1-4-5-10-21-19(25)17-15-11-14(22-12(2)3)8-9-16(15)26-20(17)23-18(24)13-6-7-13/h12-14,22H,4-11H2,1-3H3,(H,21,25)(H,23,24). The van der Waals surface area contributed by atoms with Gasteiger partial charge in [0.1, 0.15) is 5.00 Å². The van der Waals surface area contributed by atoms with Crippen molar-refractivity contribution < 1.29 is 9.59 Å². The Bertz CT molecular complexity index is 664. The fourth-order valence-electron chi connectivity index (χ4n) is 3.55. The third kappa shape index (κ3) is 4.65. The first-order valence-electron chi connectivity index (χ1n) is 9.99. The van der Waals surface area contributed by atoms with Crippen molar-refractivity contribution in [2.24, 2.45) is 5.92 Å². The lowest BCUT2D eigenvalue weighted by Crippen LogP contribution is -2.39. The van der Waals surface area contributed by atoms with Crippen molar-refractivity contribution >= 4 is 28.2 Å². The molecule has 3 N–H and O–H groups in total. The van der Waals surface area contributed by atoms with Gasteiger partial charge in [0, 0.05) is 29.4 Å². The van der Waals surface area contributed by atoms with Gasteiger partial charge in [-0.25, -0.2) is 0 Å². The monoisotopic (exact) mass is 377 g/mol. The summed E-state index contributed by atoms with van der Waals surface area (Å²) in [6.07, 6.45) is 6.87. The van der Waals surface area contributed by atoms with Crippen LogP contribution in [0.3, 0.4) is 0 Å². The van der Waals surface area contributed by atoms with E-state index in [2.05, 4.69) is 36.7 Å². The third-order valence-electron chi connectivity index (χ3n) is 5.06. The van der Waals surface area contributed by atoms with Crippen molar-refractivity contribution in [3.8, 4) is 0 Å². The number of rotatable bonds is 8. The number of anilines is 1. The van der Waals surface area contributed by atoms with E-state index in [1.165, 1.54) is 4.88 Å². The average Bonchev–Trinajstić information content (AvgIpc) is 3.37. The van der Waals surface area contributed by atoms with Crippen molar-refractivity contribution in [3.63, 3.8) is 0 Å². The van der Waals surface area contributed by atoms with Gasteiger partial charge in [0.2, 0.25) is 5.91 Å². The Labute approximate surface area is 160 Å². The van der Waals surface area contributed by atoms with Crippen molar-refractivity contribution in [1.82, 2.24) is 10.6 Å². The van der Waals surface area contributed by atoms with Gasteiger partial charge in [-0.15, -0.1) is 11.3 Å². The highest BCUT2D eigenvalue weighted by atomic mass is 32.1. The molecule has 0 spiro atoms. The van der Waals surface area contributed by atoms with Crippen LogP contribution in [0.2, 0.25) is 0 Å². The quantitative estimate of drug-likeness (QED) is 0.608. The normalized spacial score (nSPS) is 19.3. The van der Waals surface area contributed by atoms with Crippen LogP contribution in [0, 0.1) is 5.92 Å². The van der Waals surface area contributed by atoms with Gasteiger partial charge in [-0.05, 0) is 44.1 Å². The zero-order chi connectivity index (χ0) is 18.7. The van der Waals surface area contributed by atoms with E-state index in [-0.39, 0.29) is 17.7 Å². The number of thiophene rings is 1. The SMILES string of the molecule is CCCCNC(=O)c1c(NC(=O)C2CC2)sc2c1CC(NC(C)C)CC2. The maximum atomic E-state index is 12.9. The highest BCUT2D eigenvalue weighted by molar-refractivity contribution is 7.17. The molecule has 0 radical (unpaired) electrons. The van der Waals surface area contributed by atoms with E-state index in [1.807, 2.05) is 0 Å². The van der Waals surface area contributed by atoms with Crippen LogP contribution in [-0.2, 0) is 17.6 Å². The second kappa shape index (κ2) is 8.53. The molecule has 26 heavy (non-hydrogen) atoms. The van der Waals surface area contributed by atoms with E-state index in [9.17, 15) is 9.59 Å². The Morgan fingerprint density at radius 2 is 2.00 bits per heavy atom. The molecule has 6 heteroatoms. The topological polar surface area (TPSA) is 70.2 Å². The predicted octanol–water partition coefficient (Wildman–Crippen LogP) is 3.48. The summed E-state index contributed by atoms with van der Waals surface area (Å²) in [5, 5.41) is 10.5. The summed E-state index contributed by atoms with van der Waals surface area (Å²) in [6.45, 7) is 7.11. The Morgan fingerprint density at radius 3 is 2.65 bits per heavy atom. The highest BCUT2D eigenvalue weighted by Crippen LogP contribution is 2.39. The summed E-state index contributed by atoms with van der Waals surface area (Å²) in [4.78, 5) is 26.4. The summed E-state index contributed by atoms with van der Waals surface area (Å²) < 4.78 is 0. The Morgan fingerprint density at radius 1 is 1.23 bits per heavy atom. The van der Waals surface area contributed by atoms with Crippen molar-refractivity contribution in [1.29, 1.82) is 0 Å². The van der Waals surface area contributed by atoms with E-state index in [0.29, 0.717) is 24.2 Å². The average molecular weight is 378 g/mol. The molecule has 1 saturated carbocycles. The van der Waals surface area contributed by atoms with Crippen molar-refractivity contribution in [3.05, 3.63) is 16.0 Å². The summed E-state index contributed by atoms with van der Waals surface area (Å²) in [7, 11) is 0. The van der Waals surface area contributed by atoms with Crippen LogP contribution in [0.1, 0.15) is 73.7 Å². The van der Waals surface area contributed by atoms with Crippen LogP contribution in [0.15, 0.2) is 0 Å². The van der Waals surface area contributed by atoms with Crippen LogP contribution in [-0.4, -0.2) is 30.4 Å². The van der Waals surface area contributed by atoms with Crippen molar-refractivity contribution in [2.45, 2.75) is 77.8 Å². The number of aryl methyl sites for hydroxylation is 1. The molecule has 1 aromatic rings. The first-order chi connectivity index (χ1) is 12.5. The minimum absolute atomic E-state index is 0.0350. The number of fused-ring (bicyclic) bond motifs is 1. The fourth-order valence-corrected chi connectivity index (χ4v) is 4.80. The molecular weight excluding hydrogens is 346 g/mol. The van der Waals surface area contributed by atoms with Gasteiger partial charge < -0.3 is 16.0 Å². The summed E-state index contributed by atoms with van der Waals surface area (Å²) in [6, 6.07) is 0.822. The summed E-state index contributed by atoms with van der Waals surface area (Å²) in [5.41, 5.74) is 1.85. The van der Waals surface area contributed by atoms with E-state index in [1.54, 1.807) is 11.3 Å². The van der Waals surface area contributed by atoms with Gasteiger partial charge in [-0.3, -0.25) is 9.59 Å². The van der Waals surface area contributed by atoms with E-state index >= 15 is 0 Å². The largest absolute Gasteiger partial charge is 0.352 e. The fraction of sp³-hybridized carbons (Fsp3) is 0.700. The molecule has 2 aliphatic carbocycles. The molecule has 0 saturated heterocycles. The van der Waals surface area contributed by atoms with Crippen LogP contribution >= 0.6 is 11.3 Å².